The number of methoxy groups -OCH3 is 2. The van der Waals surface area contributed by atoms with Crippen molar-refractivity contribution in [3.8, 4) is 11.5 Å². The Labute approximate surface area is 190 Å². The van der Waals surface area contributed by atoms with Gasteiger partial charge in [-0.15, -0.1) is 0 Å². The Balaban J connectivity index is 1.92. The van der Waals surface area contributed by atoms with Crippen LogP contribution in [-0.4, -0.2) is 37.1 Å². The number of carboxylic acids is 1. The summed E-state index contributed by atoms with van der Waals surface area (Å²) in [5, 5.41) is 14.4. The predicted octanol–water partition coefficient (Wildman–Crippen LogP) is 3.81. The van der Waals surface area contributed by atoms with Crippen molar-refractivity contribution >= 4 is 29.5 Å². The predicted molar refractivity (Wildman–Crippen MR) is 123 cm³/mol. The van der Waals surface area contributed by atoms with Gasteiger partial charge in [-0.2, -0.15) is 0 Å². The molecule has 0 aliphatic carbocycles. The molecular formula is C25H22N2O6. The van der Waals surface area contributed by atoms with E-state index in [0.29, 0.717) is 17.1 Å². The maximum absolute atomic E-state index is 13.0. The van der Waals surface area contributed by atoms with Gasteiger partial charge < -0.3 is 25.2 Å². The van der Waals surface area contributed by atoms with Crippen LogP contribution in [0.2, 0.25) is 0 Å². The zero-order valence-corrected chi connectivity index (χ0v) is 18.0. The first-order chi connectivity index (χ1) is 15.9. The maximum Gasteiger partial charge on any atom is 0.335 e. The number of amides is 2. The first kappa shape index (κ1) is 23.1. The molecule has 0 radical (unpaired) electrons. The zero-order chi connectivity index (χ0) is 23.8. The normalized spacial score (nSPS) is 10.8. The van der Waals surface area contributed by atoms with Crippen molar-refractivity contribution in [3.63, 3.8) is 0 Å². The molecule has 33 heavy (non-hydrogen) atoms. The quantitative estimate of drug-likeness (QED) is 0.454. The Kier molecular flexibility index (Phi) is 7.43. The number of nitrogens with one attached hydrogen (secondary N) is 2. The van der Waals surface area contributed by atoms with Crippen LogP contribution in [0.4, 0.5) is 5.69 Å². The van der Waals surface area contributed by atoms with Gasteiger partial charge in [-0.3, -0.25) is 9.59 Å². The molecule has 3 N–H and O–H groups in total. The van der Waals surface area contributed by atoms with E-state index in [1.807, 2.05) is 0 Å². The molecule has 2 amide bonds. The highest BCUT2D eigenvalue weighted by molar-refractivity contribution is 6.11. The highest BCUT2D eigenvalue weighted by Crippen LogP contribution is 2.19. The fourth-order valence-corrected chi connectivity index (χ4v) is 2.98. The topological polar surface area (TPSA) is 114 Å². The summed E-state index contributed by atoms with van der Waals surface area (Å²) in [5.41, 5.74) is 1.14. The van der Waals surface area contributed by atoms with Crippen LogP contribution < -0.4 is 20.1 Å². The number of benzene rings is 3. The van der Waals surface area contributed by atoms with Crippen LogP contribution in [0.5, 0.6) is 11.5 Å². The van der Waals surface area contributed by atoms with Gasteiger partial charge in [-0.1, -0.05) is 30.3 Å². The van der Waals surface area contributed by atoms with E-state index in [1.54, 1.807) is 61.7 Å². The van der Waals surface area contributed by atoms with Crippen molar-refractivity contribution < 1.29 is 29.0 Å². The smallest absolute Gasteiger partial charge is 0.335 e. The van der Waals surface area contributed by atoms with Gasteiger partial charge in [-0.05, 0) is 54.1 Å². The molecule has 0 unspecified atom stereocenters. The lowest BCUT2D eigenvalue weighted by molar-refractivity contribution is -0.113. The van der Waals surface area contributed by atoms with Gasteiger partial charge in [-0.25, -0.2) is 4.79 Å². The van der Waals surface area contributed by atoms with Crippen molar-refractivity contribution in [1.82, 2.24) is 5.32 Å². The van der Waals surface area contributed by atoms with Gasteiger partial charge in [0.15, 0.2) is 0 Å². The second-order valence-corrected chi connectivity index (χ2v) is 6.83. The summed E-state index contributed by atoms with van der Waals surface area (Å²) in [6, 6.07) is 19.3. The molecule has 0 fully saturated rings. The van der Waals surface area contributed by atoms with Gasteiger partial charge in [0.25, 0.3) is 11.8 Å². The Morgan fingerprint density at radius 1 is 0.879 bits per heavy atom. The van der Waals surface area contributed by atoms with Crippen molar-refractivity contribution in [1.29, 1.82) is 0 Å². The van der Waals surface area contributed by atoms with E-state index in [1.165, 1.54) is 31.4 Å². The minimum Gasteiger partial charge on any atom is -0.497 e. The van der Waals surface area contributed by atoms with Crippen LogP contribution in [0.3, 0.4) is 0 Å². The Morgan fingerprint density at radius 2 is 1.61 bits per heavy atom. The molecule has 0 heterocycles. The number of para-hydroxylation sites is 1. The van der Waals surface area contributed by atoms with Gasteiger partial charge in [0.1, 0.15) is 17.2 Å². The van der Waals surface area contributed by atoms with Crippen LogP contribution in [0.15, 0.2) is 78.5 Å². The SMILES string of the molecule is COc1ccc(C=C(NC(=O)c2ccccc2OC)C(=O)Nc2cccc(C(=O)O)c2)cc1. The number of carboxylic acid groups (broad SMARTS) is 1. The van der Waals surface area contributed by atoms with Crippen LogP contribution in [0, 0.1) is 0 Å². The van der Waals surface area contributed by atoms with Gasteiger partial charge in [0, 0.05) is 5.69 Å². The van der Waals surface area contributed by atoms with Crippen molar-refractivity contribution in [3.05, 3.63) is 95.2 Å². The summed E-state index contributed by atoms with van der Waals surface area (Å²) in [5.74, 6) is -1.29. The first-order valence-electron chi connectivity index (χ1n) is 9.86. The Morgan fingerprint density at radius 3 is 2.27 bits per heavy atom. The van der Waals surface area contributed by atoms with E-state index in [9.17, 15) is 19.5 Å². The fraction of sp³-hybridized carbons (Fsp3) is 0.0800. The van der Waals surface area contributed by atoms with Crippen LogP contribution in [-0.2, 0) is 4.79 Å². The number of aromatic carboxylic acids is 1. The third-order valence-electron chi connectivity index (χ3n) is 4.64. The van der Waals surface area contributed by atoms with Crippen LogP contribution in [0.25, 0.3) is 6.08 Å². The van der Waals surface area contributed by atoms with E-state index in [0.717, 1.165) is 0 Å². The Bertz CT molecular complexity index is 1200. The largest absolute Gasteiger partial charge is 0.497 e. The van der Waals surface area contributed by atoms with Gasteiger partial charge in [0.05, 0.1) is 25.3 Å². The number of carbonyl (C=O) groups excluding carboxylic acids is 2. The Hall–Kier alpha value is -4.59. The maximum atomic E-state index is 13.0. The fourth-order valence-electron chi connectivity index (χ4n) is 2.98. The molecule has 3 aromatic carbocycles. The number of ether oxygens (including phenoxy) is 2. The molecule has 0 aliphatic heterocycles. The molecule has 0 saturated carbocycles. The standard InChI is InChI=1S/C25H22N2O6/c1-32-19-12-10-16(11-13-19)14-21(27-23(28)20-8-3-4-9-22(20)33-2)24(29)26-18-7-5-6-17(15-18)25(30)31/h3-15H,1-2H3,(H,26,29)(H,27,28)(H,30,31). The summed E-state index contributed by atoms with van der Waals surface area (Å²) in [7, 11) is 2.99. The average Bonchev–Trinajstić information content (AvgIpc) is 2.84. The molecule has 3 aromatic rings. The second-order valence-electron chi connectivity index (χ2n) is 6.83. The molecule has 0 atom stereocenters. The first-order valence-corrected chi connectivity index (χ1v) is 9.86. The van der Waals surface area contributed by atoms with E-state index in [-0.39, 0.29) is 22.5 Å². The third kappa shape index (κ3) is 5.98. The number of hydrogen-bond acceptors (Lipinski definition) is 5. The summed E-state index contributed by atoms with van der Waals surface area (Å²) in [6.45, 7) is 0. The summed E-state index contributed by atoms with van der Waals surface area (Å²) >= 11 is 0. The number of anilines is 1. The molecule has 0 bridgehead atoms. The lowest BCUT2D eigenvalue weighted by Gasteiger charge is -2.13. The van der Waals surface area contributed by atoms with E-state index < -0.39 is 17.8 Å². The zero-order valence-electron chi connectivity index (χ0n) is 18.0. The molecule has 0 saturated heterocycles. The number of hydrogen-bond donors (Lipinski definition) is 3. The average molecular weight is 446 g/mol. The van der Waals surface area contributed by atoms with Crippen molar-refractivity contribution in [2.45, 2.75) is 0 Å². The molecule has 3 rings (SSSR count). The monoisotopic (exact) mass is 446 g/mol. The second kappa shape index (κ2) is 10.6. The highest BCUT2D eigenvalue weighted by Gasteiger charge is 2.18. The lowest BCUT2D eigenvalue weighted by atomic mass is 10.1. The number of rotatable bonds is 8. The van der Waals surface area contributed by atoms with Crippen molar-refractivity contribution in [2.24, 2.45) is 0 Å². The molecule has 8 nitrogen and oxygen atoms in total. The van der Waals surface area contributed by atoms with Crippen LogP contribution >= 0.6 is 0 Å². The minimum atomic E-state index is -1.12. The summed E-state index contributed by atoms with van der Waals surface area (Å²) in [4.78, 5) is 37.2. The summed E-state index contributed by atoms with van der Waals surface area (Å²) in [6.07, 6.45) is 1.50. The minimum absolute atomic E-state index is 0.0199. The number of carbonyl (C=O) groups is 3. The van der Waals surface area contributed by atoms with Crippen molar-refractivity contribution in [2.75, 3.05) is 19.5 Å². The molecule has 168 valence electrons. The summed E-state index contributed by atoms with van der Waals surface area (Å²) < 4.78 is 10.4. The van der Waals surface area contributed by atoms with Crippen LogP contribution in [0.1, 0.15) is 26.3 Å². The molecule has 8 heteroatoms. The molecule has 0 aliphatic rings. The molecule has 0 spiro atoms. The van der Waals surface area contributed by atoms with E-state index in [2.05, 4.69) is 10.6 Å². The van der Waals surface area contributed by atoms with E-state index >= 15 is 0 Å². The highest BCUT2D eigenvalue weighted by atomic mass is 16.5. The lowest BCUT2D eigenvalue weighted by Crippen LogP contribution is -2.31. The van der Waals surface area contributed by atoms with Gasteiger partial charge >= 0.3 is 5.97 Å². The third-order valence-corrected chi connectivity index (χ3v) is 4.64. The van der Waals surface area contributed by atoms with E-state index in [4.69, 9.17) is 9.47 Å². The van der Waals surface area contributed by atoms with Gasteiger partial charge in [0.2, 0.25) is 0 Å². The molecule has 0 aromatic heterocycles. The molecular weight excluding hydrogens is 424 g/mol.